The van der Waals surface area contributed by atoms with Crippen LogP contribution in [0.3, 0.4) is 0 Å². The van der Waals surface area contributed by atoms with Crippen molar-refractivity contribution in [1.29, 1.82) is 0 Å². The van der Waals surface area contributed by atoms with Crippen molar-refractivity contribution in [3.8, 4) is 0 Å². The maximum absolute atomic E-state index is 13.3. The first-order valence-corrected chi connectivity index (χ1v) is 11.5. The molecule has 0 bridgehead atoms. The summed E-state index contributed by atoms with van der Waals surface area (Å²) in [5, 5.41) is 14.5. The zero-order chi connectivity index (χ0) is 23.8. The first-order valence-electron chi connectivity index (χ1n) is 10.0. The molecule has 0 unspecified atom stereocenters. The lowest BCUT2D eigenvalue weighted by Gasteiger charge is -2.24. The molecule has 0 aliphatic rings. The average molecular weight is 467 g/mol. The zero-order valence-corrected chi connectivity index (χ0v) is 18.6. The predicted octanol–water partition coefficient (Wildman–Crippen LogP) is 3.50. The Morgan fingerprint density at radius 2 is 1.67 bits per heavy atom. The van der Waals surface area contributed by atoms with E-state index in [-0.39, 0.29) is 10.6 Å². The summed E-state index contributed by atoms with van der Waals surface area (Å²) in [5.41, 5.74) is 4.16. The van der Waals surface area contributed by atoms with E-state index >= 15 is 0 Å². The number of nitro benzene ring substituents is 1. The Morgan fingerprint density at radius 3 is 2.24 bits per heavy atom. The number of rotatable bonds is 9. The molecule has 0 aliphatic carbocycles. The van der Waals surface area contributed by atoms with Crippen LogP contribution in [-0.2, 0) is 21.2 Å². The second kappa shape index (κ2) is 10.5. The fourth-order valence-corrected chi connectivity index (χ4v) is 4.40. The van der Waals surface area contributed by atoms with E-state index < -0.39 is 27.4 Å². The monoisotopic (exact) mass is 466 g/mol. The fourth-order valence-electron chi connectivity index (χ4n) is 2.96. The minimum Gasteiger partial charge on any atom is -0.271 e. The van der Waals surface area contributed by atoms with Crippen LogP contribution in [0.4, 0.5) is 11.4 Å². The number of hydrogen-bond acceptors (Lipinski definition) is 6. The summed E-state index contributed by atoms with van der Waals surface area (Å²) >= 11 is 0. The number of nitrogens with one attached hydrogen (secondary N) is 1. The fraction of sp³-hybridized carbons (Fsp3) is 0.130. The summed E-state index contributed by atoms with van der Waals surface area (Å²) in [6, 6.07) is 20.4. The molecule has 0 saturated heterocycles. The van der Waals surface area contributed by atoms with Crippen molar-refractivity contribution in [2.24, 2.45) is 5.10 Å². The van der Waals surface area contributed by atoms with Gasteiger partial charge in [0.2, 0.25) is 0 Å². The van der Waals surface area contributed by atoms with Crippen LogP contribution in [0.25, 0.3) is 0 Å². The van der Waals surface area contributed by atoms with Crippen molar-refractivity contribution in [1.82, 2.24) is 5.43 Å². The molecule has 0 atom stereocenters. The van der Waals surface area contributed by atoms with E-state index in [1.54, 1.807) is 30.3 Å². The van der Waals surface area contributed by atoms with Crippen molar-refractivity contribution >= 4 is 33.5 Å². The van der Waals surface area contributed by atoms with Crippen LogP contribution < -0.4 is 9.73 Å². The Balaban J connectivity index is 1.79. The third kappa shape index (κ3) is 6.01. The highest BCUT2D eigenvalue weighted by molar-refractivity contribution is 7.92. The van der Waals surface area contributed by atoms with Gasteiger partial charge in [-0.1, -0.05) is 37.3 Å². The van der Waals surface area contributed by atoms with Crippen molar-refractivity contribution in [3.63, 3.8) is 0 Å². The van der Waals surface area contributed by atoms with Gasteiger partial charge in [0.15, 0.2) is 0 Å². The third-order valence-electron chi connectivity index (χ3n) is 4.76. The Morgan fingerprint density at radius 1 is 1.03 bits per heavy atom. The van der Waals surface area contributed by atoms with E-state index in [4.69, 9.17) is 0 Å². The molecule has 0 spiro atoms. The van der Waals surface area contributed by atoms with E-state index in [0.717, 1.165) is 16.3 Å². The first-order chi connectivity index (χ1) is 15.8. The van der Waals surface area contributed by atoms with Gasteiger partial charge in [0.05, 0.1) is 21.7 Å². The number of anilines is 1. The molecule has 3 aromatic carbocycles. The van der Waals surface area contributed by atoms with Crippen LogP contribution >= 0.6 is 0 Å². The van der Waals surface area contributed by atoms with Gasteiger partial charge < -0.3 is 0 Å². The van der Waals surface area contributed by atoms with Gasteiger partial charge >= 0.3 is 0 Å². The highest BCUT2D eigenvalue weighted by Gasteiger charge is 2.27. The molecule has 0 fully saturated rings. The number of amides is 1. The molecule has 0 heterocycles. The van der Waals surface area contributed by atoms with Gasteiger partial charge in [0.1, 0.15) is 6.54 Å². The maximum Gasteiger partial charge on any atom is 0.269 e. The molecule has 3 aromatic rings. The number of nitrogens with zero attached hydrogens (tertiary/aromatic N) is 3. The van der Waals surface area contributed by atoms with E-state index in [2.05, 4.69) is 10.5 Å². The van der Waals surface area contributed by atoms with Gasteiger partial charge in [-0.2, -0.15) is 5.10 Å². The van der Waals surface area contributed by atoms with Gasteiger partial charge in [-0.3, -0.25) is 19.2 Å². The Hall–Kier alpha value is -4.05. The first kappa shape index (κ1) is 23.6. The minimum absolute atomic E-state index is 0.0618. The van der Waals surface area contributed by atoms with E-state index in [9.17, 15) is 23.3 Å². The zero-order valence-electron chi connectivity index (χ0n) is 17.8. The molecule has 0 aliphatic heterocycles. The number of sulfonamides is 1. The van der Waals surface area contributed by atoms with Gasteiger partial charge in [-0.05, 0) is 53.9 Å². The lowest BCUT2D eigenvalue weighted by atomic mass is 10.1. The van der Waals surface area contributed by atoms with Gasteiger partial charge in [-0.15, -0.1) is 0 Å². The number of nitro groups is 1. The number of benzene rings is 3. The highest BCUT2D eigenvalue weighted by atomic mass is 32.2. The number of carbonyl (C=O) groups excluding carboxylic acids is 1. The molecule has 9 nitrogen and oxygen atoms in total. The predicted molar refractivity (Wildman–Crippen MR) is 126 cm³/mol. The van der Waals surface area contributed by atoms with Crippen molar-refractivity contribution < 1.29 is 18.1 Å². The van der Waals surface area contributed by atoms with Crippen molar-refractivity contribution in [2.75, 3.05) is 10.8 Å². The van der Waals surface area contributed by atoms with Crippen molar-refractivity contribution in [3.05, 3.63) is 100 Å². The smallest absolute Gasteiger partial charge is 0.269 e. The second-order valence-electron chi connectivity index (χ2n) is 6.99. The second-order valence-corrected chi connectivity index (χ2v) is 8.85. The van der Waals surface area contributed by atoms with Gasteiger partial charge in [0, 0.05) is 12.1 Å². The molecule has 170 valence electrons. The summed E-state index contributed by atoms with van der Waals surface area (Å²) in [6.07, 6.45) is 2.11. The molecule has 33 heavy (non-hydrogen) atoms. The van der Waals surface area contributed by atoms with E-state index in [0.29, 0.717) is 11.3 Å². The Labute approximate surface area is 191 Å². The lowest BCUT2D eigenvalue weighted by Crippen LogP contribution is -2.39. The SMILES string of the molecule is CCc1ccc(N(CC(=O)N/N=C\c2ccc([N+](=O)[O-])cc2)S(=O)(=O)c2ccccc2)cc1. The van der Waals surface area contributed by atoms with Crippen molar-refractivity contribution in [2.45, 2.75) is 18.2 Å². The normalized spacial score (nSPS) is 11.3. The molecule has 0 radical (unpaired) electrons. The van der Waals surface area contributed by atoms with Crippen LogP contribution in [0.2, 0.25) is 0 Å². The molecule has 0 aromatic heterocycles. The largest absolute Gasteiger partial charge is 0.271 e. The number of non-ortho nitro benzene ring substituents is 1. The molecule has 1 amide bonds. The van der Waals surface area contributed by atoms with Crippen LogP contribution in [0.5, 0.6) is 0 Å². The van der Waals surface area contributed by atoms with E-state index in [1.165, 1.54) is 42.6 Å². The molecular weight excluding hydrogens is 444 g/mol. The lowest BCUT2D eigenvalue weighted by molar-refractivity contribution is -0.384. The molecular formula is C23H22N4O5S. The summed E-state index contributed by atoms with van der Waals surface area (Å²) in [5.74, 6) is -0.646. The Kier molecular flexibility index (Phi) is 7.52. The maximum atomic E-state index is 13.3. The highest BCUT2D eigenvalue weighted by Crippen LogP contribution is 2.24. The third-order valence-corrected chi connectivity index (χ3v) is 6.55. The average Bonchev–Trinajstić information content (AvgIpc) is 2.83. The summed E-state index contributed by atoms with van der Waals surface area (Å²) in [6.45, 7) is 1.50. The van der Waals surface area contributed by atoms with E-state index in [1.807, 2.05) is 19.1 Å². The van der Waals surface area contributed by atoms with Crippen LogP contribution in [0, 0.1) is 10.1 Å². The number of carbonyl (C=O) groups is 1. The summed E-state index contributed by atoms with van der Waals surface area (Å²) < 4.78 is 27.5. The number of aryl methyl sites for hydroxylation is 1. The van der Waals surface area contributed by atoms with Crippen LogP contribution in [0.15, 0.2) is 88.9 Å². The molecule has 1 N–H and O–H groups in total. The molecule has 0 saturated carbocycles. The van der Waals surface area contributed by atoms with Crippen LogP contribution in [0.1, 0.15) is 18.1 Å². The number of hydrazone groups is 1. The van der Waals surface area contributed by atoms with Crippen LogP contribution in [-0.4, -0.2) is 32.0 Å². The topological polar surface area (TPSA) is 122 Å². The number of hydrogen-bond donors (Lipinski definition) is 1. The standard InChI is InChI=1S/C23H22N4O5S/c1-2-18-8-12-20(13-9-18)26(33(31,32)22-6-4-3-5-7-22)17-23(28)25-24-16-19-10-14-21(15-11-19)27(29)30/h3-16H,2,17H2,1H3,(H,25,28)/b24-16-. The molecule has 3 rings (SSSR count). The Bertz CT molecular complexity index is 1240. The minimum atomic E-state index is -4.00. The van der Waals surface area contributed by atoms with Gasteiger partial charge in [-0.25, -0.2) is 13.8 Å². The molecule has 10 heteroatoms. The van der Waals surface area contributed by atoms with Gasteiger partial charge in [0.25, 0.3) is 21.6 Å². The quantitative estimate of drug-likeness (QED) is 0.294. The summed E-state index contributed by atoms with van der Waals surface area (Å²) in [4.78, 5) is 22.8. The summed E-state index contributed by atoms with van der Waals surface area (Å²) in [7, 11) is -4.00.